The minimum Gasteiger partial charge on any atom is -0.458 e. The minimum atomic E-state index is -4.96. The van der Waals surface area contributed by atoms with Crippen molar-refractivity contribution in [2.45, 2.75) is 38.1 Å². The normalized spacial score (nSPS) is 22.6. The van der Waals surface area contributed by atoms with Gasteiger partial charge in [0.2, 0.25) is 0 Å². The number of esters is 1. The fourth-order valence-corrected chi connectivity index (χ4v) is 3.67. The molecular formula is C17H18BrF3O3. The van der Waals surface area contributed by atoms with Crippen LogP contribution in [0.15, 0.2) is 40.9 Å². The van der Waals surface area contributed by atoms with Crippen LogP contribution in [0.2, 0.25) is 0 Å². The zero-order chi connectivity index (χ0) is 18.2. The van der Waals surface area contributed by atoms with Gasteiger partial charge in [-0.1, -0.05) is 66.2 Å². The van der Waals surface area contributed by atoms with Crippen LogP contribution in [0.1, 0.15) is 25.8 Å². The molecule has 0 fully saturated rings. The molecule has 1 aromatic carbocycles. The molecule has 0 heterocycles. The molecule has 0 saturated carbocycles. The first-order valence-corrected chi connectivity index (χ1v) is 8.09. The Bertz CT molecular complexity index is 640. The van der Waals surface area contributed by atoms with Gasteiger partial charge in [-0.05, 0) is 4.48 Å². The molecule has 1 aliphatic carbocycles. The van der Waals surface area contributed by atoms with Crippen LogP contribution in [0.4, 0.5) is 13.2 Å². The highest BCUT2D eigenvalue weighted by atomic mass is 79.9. The molecule has 1 aromatic rings. The van der Waals surface area contributed by atoms with E-state index < -0.39 is 29.3 Å². The molecular weight excluding hydrogens is 389 g/mol. The Labute approximate surface area is 147 Å². The molecule has 2 rings (SSSR count). The van der Waals surface area contributed by atoms with E-state index in [9.17, 15) is 18.0 Å². The Balaban J connectivity index is 2.40. The molecule has 0 unspecified atom stereocenters. The molecule has 24 heavy (non-hydrogen) atoms. The number of hydrogen-bond acceptors (Lipinski definition) is 3. The smallest absolute Gasteiger partial charge is 0.432 e. The Morgan fingerprint density at radius 2 is 1.83 bits per heavy atom. The van der Waals surface area contributed by atoms with E-state index in [0.29, 0.717) is 6.42 Å². The van der Waals surface area contributed by atoms with Gasteiger partial charge in [0.05, 0.1) is 0 Å². The second-order valence-electron chi connectivity index (χ2n) is 6.26. The van der Waals surface area contributed by atoms with Gasteiger partial charge in [0.15, 0.2) is 0 Å². The van der Waals surface area contributed by atoms with Gasteiger partial charge in [-0.3, -0.25) is 0 Å². The number of methoxy groups -OCH3 is 1. The molecule has 0 N–H and O–H groups in total. The summed E-state index contributed by atoms with van der Waals surface area (Å²) in [6.45, 7) is 3.59. The third-order valence-electron chi connectivity index (χ3n) is 4.16. The van der Waals surface area contributed by atoms with Crippen LogP contribution in [0.5, 0.6) is 0 Å². The van der Waals surface area contributed by atoms with E-state index in [1.54, 1.807) is 19.9 Å². The summed E-state index contributed by atoms with van der Waals surface area (Å²) in [5, 5.41) is 0. The van der Waals surface area contributed by atoms with Crippen LogP contribution in [-0.4, -0.2) is 25.4 Å². The van der Waals surface area contributed by atoms with E-state index in [2.05, 4.69) is 15.9 Å². The molecule has 0 saturated heterocycles. The van der Waals surface area contributed by atoms with Gasteiger partial charge in [-0.15, -0.1) is 0 Å². The van der Waals surface area contributed by atoms with Gasteiger partial charge in [0.1, 0.15) is 6.10 Å². The average Bonchev–Trinajstić information content (AvgIpc) is 2.72. The predicted molar refractivity (Wildman–Crippen MR) is 86.5 cm³/mol. The first-order valence-electron chi connectivity index (χ1n) is 7.30. The first kappa shape index (κ1) is 19.0. The van der Waals surface area contributed by atoms with Crippen LogP contribution < -0.4 is 0 Å². The largest absolute Gasteiger partial charge is 0.458 e. The standard InChI is InChI=1S/C17H18BrF3O3/c1-15(2)10-12(18)9-13(15)24-14(22)16(23-3,17(19,20)21)11-7-5-4-6-8-11/h4-8,10,13H,9H2,1-3H3/t13-,16-/m1/s1. The lowest BCUT2D eigenvalue weighted by Crippen LogP contribution is -2.53. The number of alkyl halides is 3. The van der Waals surface area contributed by atoms with Crippen molar-refractivity contribution in [2.75, 3.05) is 7.11 Å². The van der Waals surface area contributed by atoms with E-state index >= 15 is 0 Å². The van der Waals surface area contributed by atoms with Crippen molar-refractivity contribution < 1.29 is 27.4 Å². The lowest BCUT2D eigenvalue weighted by molar-refractivity contribution is -0.279. The van der Waals surface area contributed by atoms with Crippen molar-refractivity contribution in [3.63, 3.8) is 0 Å². The number of rotatable bonds is 4. The average molecular weight is 407 g/mol. The second kappa shape index (κ2) is 6.52. The van der Waals surface area contributed by atoms with Crippen molar-refractivity contribution in [1.29, 1.82) is 0 Å². The van der Waals surface area contributed by atoms with Gasteiger partial charge in [0.25, 0.3) is 5.60 Å². The Morgan fingerprint density at radius 3 is 2.25 bits per heavy atom. The lowest BCUT2D eigenvalue weighted by Gasteiger charge is -2.35. The predicted octanol–water partition coefficient (Wildman–Crippen LogP) is 4.71. The van der Waals surface area contributed by atoms with Crippen LogP contribution >= 0.6 is 15.9 Å². The van der Waals surface area contributed by atoms with E-state index in [4.69, 9.17) is 9.47 Å². The van der Waals surface area contributed by atoms with E-state index in [1.165, 1.54) is 24.3 Å². The number of halogens is 4. The number of carbonyl (C=O) groups is 1. The summed E-state index contributed by atoms with van der Waals surface area (Å²) in [7, 11) is 0.857. The summed E-state index contributed by atoms with van der Waals surface area (Å²) in [6, 6.07) is 6.80. The van der Waals surface area contributed by atoms with E-state index in [1.807, 2.05) is 6.08 Å². The molecule has 7 heteroatoms. The fraction of sp³-hybridized carbons (Fsp3) is 0.471. The summed E-state index contributed by atoms with van der Waals surface area (Å²) < 4.78 is 52.2. The van der Waals surface area contributed by atoms with Gasteiger partial charge in [0, 0.05) is 24.5 Å². The van der Waals surface area contributed by atoms with Crippen LogP contribution in [-0.2, 0) is 19.9 Å². The molecule has 132 valence electrons. The van der Waals surface area contributed by atoms with Crippen molar-refractivity contribution in [2.24, 2.45) is 5.41 Å². The summed E-state index contributed by atoms with van der Waals surface area (Å²) >= 11 is 3.31. The topological polar surface area (TPSA) is 35.5 Å². The van der Waals surface area contributed by atoms with Crippen LogP contribution in [0, 0.1) is 5.41 Å². The van der Waals surface area contributed by atoms with Crippen molar-refractivity contribution in [3.8, 4) is 0 Å². The fourth-order valence-electron chi connectivity index (χ4n) is 2.79. The summed E-state index contributed by atoms with van der Waals surface area (Å²) in [5.74, 6) is -1.46. The zero-order valence-corrected chi connectivity index (χ0v) is 15.1. The molecule has 0 aromatic heterocycles. The quantitative estimate of drug-likeness (QED) is 0.679. The van der Waals surface area contributed by atoms with E-state index in [-0.39, 0.29) is 5.56 Å². The highest BCUT2D eigenvalue weighted by Crippen LogP contribution is 2.46. The molecule has 2 atom stereocenters. The summed E-state index contributed by atoms with van der Waals surface area (Å²) in [6.07, 6.45) is -3.52. The molecule has 1 aliphatic rings. The van der Waals surface area contributed by atoms with Crippen LogP contribution in [0.3, 0.4) is 0 Å². The minimum absolute atomic E-state index is 0.312. The zero-order valence-electron chi connectivity index (χ0n) is 13.5. The molecule has 0 aliphatic heterocycles. The van der Waals surface area contributed by atoms with E-state index in [0.717, 1.165) is 11.6 Å². The number of carbonyl (C=O) groups excluding carboxylic acids is 1. The number of ether oxygens (including phenoxy) is 2. The maximum Gasteiger partial charge on any atom is 0.432 e. The molecule has 0 spiro atoms. The first-order chi connectivity index (χ1) is 11.0. The summed E-state index contributed by atoms with van der Waals surface area (Å²) in [5.41, 5.74) is -4.04. The van der Waals surface area contributed by atoms with Crippen molar-refractivity contribution >= 4 is 21.9 Å². The second-order valence-corrected chi connectivity index (χ2v) is 7.28. The molecule has 3 nitrogen and oxygen atoms in total. The monoisotopic (exact) mass is 406 g/mol. The molecule has 0 amide bonds. The number of hydrogen-bond donors (Lipinski definition) is 0. The molecule has 0 bridgehead atoms. The third kappa shape index (κ3) is 3.24. The van der Waals surface area contributed by atoms with Crippen molar-refractivity contribution in [1.82, 2.24) is 0 Å². The van der Waals surface area contributed by atoms with Gasteiger partial charge in [-0.2, -0.15) is 13.2 Å². The Kier molecular flexibility index (Phi) is 5.16. The maximum atomic E-state index is 13.8. The summed E-state index contributed by atoms with van der Waals surface area (Å²) in [4.78, 5) is 12.6. The Hall–Kier alpha value is -1.34. The molecule has 0 radical (unpaired) electrons. The third-order valence-corrected chi connectivity index (χ3v) is 4.71. The highest BCUT2D eigenvalue weighted by molar-refractivity contribution is 9.11. The Morgan fingerprint density at radius 1 is 1.25 bits per heavy atom. The highest BCUT2D eigenvalue weighted by Gasteiger charge is 2.64. The van der Waals surface area contributed by atoms with Gasteiger partial charge < -0.3 is 9.47 Å². The maximum absolute atomic E-state index is 13.8. The SMILES string of the molecule is CO[C@@](C(=O)O[C@@H]1CC(Br)=CC1(C)C)(c1ccccc1)C(F)(F)F. The lowest BCUT2D eigenvalue weighted by atomic mass is 9.89. The van der Waals surface area contributed by atoms with Gasteiger partial charge in [-0.25, -0.2) is 4.79 Å². The van der Waals surface area contributed by atoms with Crippen LogP contribution in [0.25, 0.3) is 0 Å². The van der Waals surface area contributed by atoms with Gasteiger partial charge >= 0.3 is 12.1 Å². The van der Waals surface area contributed by atoms with Crippen molar-refractivity contribution in [3.05, 3.63) is 46.5 Å². The number of benzene rings is 1.